The van der Waals surface area contributed by atoms with E-state index in [1.807, 2.05) is 36.4 Å². The number of aromatic nitrogens is 1. The largest absolute Gasteiger partial charge is 0.481 e. The lowest BCUT2D eigenvalue weighted by Crippen LogP contribution is -1.98. The van der Waals surface area contributed by atoms with Gasteiger partial charge in [-0.05, 0) is 35.7 Å². The van der Waals surface area contributed by atoms with Crippen LogP contribution in [0.3, 0.4) is 0 Å². The third-order valence-electron chi connectivity index (χ3n) is 3.71. The number of benzene rings is 2. The smallest absolute Gasteiger partial charge is 0.303 e. The van der Waals surface area contributed by atoms with Crippen molar-refractivity contribution in [2.45, 2.75) is 12.8 Å². The van der Waals surface area contributed by atoms with Gasteiger partial charge in [0.2, 0.25) is 0 Å². The minimum absolute atomic E-state index is 0.0884. The predicted octanol–water partition coefficient (Wildman–Crippen LogP) is 3.72. The van der Waals surface area contributed by atoms with Crippen molar-refractivity contribution in [2.24, 2.45) is 0 Å². The molecule has 4 heteroatoms. The van der Waals surface area contributed by atoms with Gasteiger partial charge in [-0.2, -0.15) is 5.26 Å². The quantitative estimate of drug-likeness (QED) is 0.768. The Hall–Kier alpha value is -3.06. The summed E-state index contributed by atoms with van der Waals surface area (Å²) in [6, 6.07) is 17.3. The lowest BCUT2D eigenvalue weighted by Gasteiger charge is -2.04. The minimum Gasteiger partial charge on any atom is -0.481 e. The monoisotopic (exact) mass is 290 g/mol. The van der Waals surface area contributed by atoms with Crippen molar-refractivity contribution in [1.82, 2.24) is 4.98 Å². The highest BCUT2D eigenvalue weighted by Gasteiger charge is 2.14. The van der Waals surface area contributed by atoms with Crippen LogP contribution < -0.4 is 0 Å². The lowest BCUT2D eigenvalue weighted by atomic mass is 10.0. The number of carboxylic acids is 1. The van der Waals surface area contributed by atoms with E-state index in [9.17, 15) is 4.79 Å². The molecule has 3 rings (SSSR count). The molecule has 0 bridgehead atoms. The molecule has 1 aromatic heterocycles. The van der Waals surface area contributed by atoms with Gasteiger partial charge >= 0.3 is 5.97 Å². The zero-order valence-electron chi connectivity index (χ0n) is 11.8. The Bertz CT molecular complexity index is 870. The summed E-state index contributed by atoms with van der Waals surface area (Å²) in [6.07, 6.45) is 0.555. The molecule has 0 spiro atoms. The second-order valence-corrected chi connectivity index (χ2v) is 5.11. The Morgan fingerprint density at radius 2 is 1.86 bits per heavy atom. The summed E-state index contributed by atoms with van der Waals surface area (Å²) in [4.78, 5) is 14.3. The van der Waals surface area contributed by atoms with E-state index in [4.69, 9.17) is 10.4 Å². The van der Waals surface area contributed by atoms with Gasteiger partial charge in [-0.3, -0.25) is 4.79 Å². The molecule has 3 aromatic rings. The molecular formula is C18H14N2O2. The molecule has 1 heterocycles. The molecule has 0 amide bonds. The number of nitriles is 1. The first kappa shape index (κ1) is 13.9. The van der Waals surface area contributed by atoms with Crippen molar-refractivity contribution in [1.29, 1.82) is 5.26 Å². The standard InChI is InChI=1S/C18H14N2O2/c19-11-12-5-7-13(8-6-12)18-15(9-10-17(21)22)14-3-1-2-4-16(14)20-18/h1-8,20H,9-10H2,(H,21,22). The molecule has 0 unspecified atom stereocenters. The molecule has 0 atom stereocenters. The van der Waals surface area contributed by atoms with Gasteiger partial charge in [-0.1, -0.05) is 30.3 Å². The van der Waals surface area contributed by atoms with Gasteiger partial charge in [-0.15, -0.1) is 0 Å². The highest BCUT2D eigenvalue weighted by Crippen LogP contribution is 2.31. The van der Waals surface area contributed by atoms with Crippen LogP contribution in [0.25, 0.3) is 22.2 Å². The van der Waals surface area contributed by atoms with E-state index in [0.29, 0.717) is 12.0 Å². The van der Waals surface area contributed by atoms with Gasteiger partial charge < -0.3 is 10.1 Å². The van der Waals surface area contributed by atoms with E-state index in [1.165, 1.54) is 0 Å². The summed E-state index contributed by atoms with van der Waals surface area (Å²) in [5, 5.41) is 18.9. The number of H-pyrrole nitrogens is 1. The van der Waals surface area contributed by atoms with Gasteiger partial charge in [0.05, 0.1) is 11.6 Å². The minimum atomic E-state index is -0.809. The molecule has 0 fully saturated rings. The van der Waals surface area contributed by atoms with Gasteiger partial charge in [0.25, 0.3) is 0 Å². The van der Waals surface area contributed by atoms with E-state index in [1.54, 1.807) is 12.1 Å². The number of hydrogen-bond acceptors (Lipinski definition) is 2. The fourth-order valence-electron chi connectivity index (χ4n) is 2.65. The van der Waals surface area contributed by atoms with Crippen molar-refractivity contribution >= 4 is 16.9 Å². The topological polar surface area (TPSA) is 76.9 Å². The maximum Gasteiger partial charge on any atom is 0.303 e. The van der Waals surface area contributed by atoms with E-state index >= 15 is 0 Å². The van der Waals surface area contributed by atoms with Crippen molar-refractivity contribution in [2.75, 3.05) is 0 Å². The Kier molecular flexibility index (Phi) is 3.63. The maximum absolute atomic E-state index is 10.9. The SMILES string of the molecule is N#Cc1ccc(-c2[nH]c3ccccc3c2CCC(=O)O)cc1. The Morgan fingerprint density at radius 3 is 2.55 bits per heavy atom. The third-order valence-corrected chi connectivity index (χ3v) is 3.71. The number of hydrogen-bond donors (Lipinski definition) is 2. The summed E-state index contributed by atoms with van der Waals surface area (Å²) in [5.74, 6) is -0.809. The highest BCUT2D eigenvalue weighted by atomic mass is 16.4. The summed E-state index contributed by atoms with van der Waals surface area (Å²) in [6.45, 7) is 0. The van der Waals surface area contributed by atoms with Crippen LogP contribution >= 0.6 is 0 Å². The van der Waals surface area contributed by atoms with E-state index < -0.39 is 5.97 Å². The van der Waals surface area contributed by atoms with Crippen LogP contribution in [-0.2, 0) is 11.2 Å². The zero-order valence-corrected chi connectivity index (χ0v) is 11.8. The van der Waals surface area contributed by atoms with Crippen LogP contribution in [0, 0.1) is 11.3 Å². The van der Waals surface area contributed by atoms with E-state index in [0.717, 1.165) is 27.7 Å². The summed E-state index contributed by atoms with van der Waals surface area (Å²) in [5.41, 5.74) is 4.47. The molecule has 0 saturated carbocycles. The molecule has 108 valence electrons. The van der Waals surface area contributed by atoms with Crippen molar-refractivity contribution in [3.05, 3.63) is 59.7 Å². The molecule has 2 N–H and O–H groups in total. The van der Waals surface area contributed by atoms with Crippen LogP contribution in [0.1, 0.15) is 17.5 Å². The molecule has 4 nitrogen and oxygen atoms in total. The first-order valence-corrected chi connectivity index (χ1v) is 7.01. The van der Waals surface area contributed by atoms with Crippen LogP contribution in [0.4, 0.5) is 0 Å². The molecule has 0 aliphatic heterocycles. The zero-order chi connectivity index (χ0) is 15.5. The number of para-hydroxylation sites is 1. The highest BCUT2D eigenvalue weighted by molar-refractivity contribution is 5.91. The van der Waals surface area contributed by atoms with Crippen LogP contribution in [0.2, 0.25) is 0 Å². The van der Waals surface area contributed by atoms with E-state index in [-0.39, 0.29) is 6.42 Å². The Morgan fingerprint density at radius 1 is 1.14 bits per heavy atom. The van der Waals surface area contributed by atoms with Crippen LogP contribution in [0.15, 0.2) is 48.5 Å². The van der Waals surface area contributed by atoms with Crippen molar-refractivity contribution in [3.63, 3.8) is 0 Å². The number of rotatable bonds is 4. The second kappa shape index (κ2) is 5.74. The van der Waals surface area contributed by atoms with Gasteiger partial charge in [0.15, 0.2) is 0 Å². The number of fused-ring (bicyclic) bond motifs is 1. The number of aromatic amines is 1. The van der Waals surface area contributed by atoms with Gasteiger partial charge in [-0.25, -0.2) is 0 Å². The third kappa shape index (κ3) is 2.57. The molecule has 0 saturated heterocycles. The van der Waals surface area contributed by atoms with Crippen molar-refractivity contribution in [3.8, 4) is 17.3 Å². The summed E-state index contributed by atoms with van der Waals surface area (Å²) < 4.78 is 0. The summed E-state index contributed by atoms with van der Waals surface area (Å²) >= 11 is 0. The lowest BCUT2D eigenvalue weighted by molar-refractivity contribution is -0.136. The van der Waals surface area contributed by atoms with Crippen LogP contribution in [-0.4, -0.2) is 16.1 Å². The molecular weight excluding hydrogens is 276 g/mol. The average Bonchev–Trinajstić information content (AvgIpc) is 2.91. The molecule has 2 aromatic carbocycles. The number of carboxylic acid groups (broad SMARTS) is 1. The fraction of sp³-hybridized carbons (Fsp3) is 0.111. The molecule has 0 aliphatic rings. The van der Waals surface area contributed by atoms with E-state index in [2.05, 4.69) is 11.1 Å². The molecule has 0 radical (unpaired) electrons. The second-order valence-electron chi connectivity index (χ2n) is 5.11. The Balaban J connectivity index is 2.12. The molecule has 22 heavy (non-hydrogen) atoms. The summed E-state index contributed by atoms with van der Waals surface area (Å²) in [7, 11) is 0. The number of nitrogens with one attached hydrogen (secondary N) is 1. The predicted molar refractivity (Wildman–Crippen MR) is 84.4 cm³/mol. The van der Waals surface area contributed by atoms with Crippen LogP contribution in [0.5, 0.6) is 0 Å². The molecule has 0 aliphatic carbocycles. The normalized spacial score (nSPS) is 10.5. The number of nitrogens with zero attached hydrogens (tertiary/aromatic N) is 1. The first-order chi connectivity index (χ1) is 10.7. The van der Waals surface area contributed by atoms with Gasteiger partial charge in [0, 0.05) is 23.0 Å². The number of aliphatic carboxylic acids is 1. The van der Waals surface area contributed by atoms with Gasteiger partial charge in [0.1, 0.15) is 0 Å². The average molecular weight is 290 g/mol. The maximum atomic E-state index is 10.9. The fourth-order valence-corrected chi connectivity index (χ4v) is 2.65. The number of aryl methyl sites for hydroxylation is 1. The Labute approximate surface area is 127 Å². The number of carbonyl (C=O) groups is 1. The van der Waals surface area contributed by atoms with Crippen molar-refractivity contribution < 1.29 is 9.90 Å². The first-order valence-electron chi connectivity index (χ1n) is 7.01.